The zero-order valence-corrected chi connectivity index (χ0v) is 14.8. The Morgan fingerprint density at radius 1 is 1.16 bits per heavy atom. The van der Waals surface area contributed by atoms with Gasteiger partial charge in [0.2, 0.25) is 11.8 Å². The zero-order valence-electron chi connectivity index (χ0n) is 14.8. The van der Waals surface area contributed by atoms with E-state index in [0.717, 1.165) is 24.8 Å². The summed E-state index contributed by atoms with van der Waals surface area (Å²) < 4.78 is 10.7. The first kappa shape index (κ1) is 17.7. The second-order valence-electron chi connectivity index (χ2n) is 6.52. The van der Waals surface area contributed by atoms with Crippen molar-refractivity contribution >= 4 is 11.8 Å². The summed E-state index contributed by atoms with van der Waals surface area (Å²) in [7, 11) is 1.61. The molecular formula is C19H26N2O4. The molecular weight excluding hydrogens is 320 g/mol. The molecule has 0 bridgehead atoms. The molecule has 0 aromatic heterocycles. The van der Waals surface area contributed by atoms with Crippen LogP contribution in [0.3, 0.4) is 0 Å². The number of ether oxygens (including phenoxy) is 2. The van der Waals surface area contributed by atoms with Gasteiger partial charge in [-0.2, -0.15) is 0 Å². The molecule has 2 fully saturated rings. The third-order valence-corrected chi connectivity index (χ3v) is 4.97. The Morgan fingerprint density at radius 2 is 1.92 bits per heavy atom. The third-order valence-electron chi connectivity index (χ3n) is 4.97. The fourth-order valence-corrected chi connectivity index (χ4v) is 3.59. The number of methoxy groups -OCH3 is 1. The molecule has 0 unspecified atom stereocenters. The second kappa shape index (κ2) is 8.34. The Kier molecular flexibility index (Phi) is 5.91. The normalized spacial score (nSPS) is 21.1. The van der Waals surface area contributed by atoms with Gasteiger partial charge < -0.3 is 19.3 Å². The molecule has 6 nitrogen and oxygen atoms in total. The van der Waals surface area contributed by atoms with Gasteiger partial charge in [0.1, 0.15) is 11.8 Å². The number of carbonyl (C=O) groups is 2. The standard InChI is InChI=1S/C19H26N2O4/c1-24-17-8-3-2-6-15(17)14-18(22)21-9-5-4-7-16(21)19(23)20-10-12-25-13-11-20/h2-3,6,8,16H,4-5,7,9-14H2,1H3/t16-/m1/s1. The van der Waals surface area contributed by atoms with Gasteiger partial charge in [0.25, 0.3) is 0 Å². The number of hydrogen-bond acceptors (Lipinski definition) is 4. The molecule has 0 spiro atoms. The molecule has 2 heterocycles. The second-order valence-corrected chi connectivity index (χ2v) is 6.52. The molecule has 136 valence electrons. The lowest BCUT2D eigenvalue weighted by Gasteiger charge is -2.38. The number of hydrogen-bond donors (Lipinski definition) is 0. The molecule has 1 aromatic rings. The third kappa shape index (κ3) is 4.12. The molecule has 2 aliphatic heterocycles. The van der Waals surface area contributed by atoms with Crippen LogP contribution in [0.1, 0.15) is 24.8 Å². The summed E-state index contributed by atoms with van der Waals surface area (Å²) in [6, 6.07) is 7.21. The quantitative estimate of drug-likeness (QED) is 0.829. The van der Waals surface area contributed by atoms with Gasteiger partial charge in [0.15, 0.2) is 0 Å². The molecule has 0 saturated carbocycles. The van der Waals surface area contributed by atoms with Gasteiger partial charge in [-0.25, -0.2) is 0 Å². The smallest absolute Gasteiger partial charge is 0.245 e. The Morgan fingerprint density at radius 3 is 2.68 bits per heavy atom. The number of para-hydroxylation sites is 1. The van der Waals surface area contributed by atoms with Crippen molar-refractivity contribution in [1.82, 2.24) is 9.80 Å². The number of rotatable bonds is 4. The number of nitrogens with zero attached hydrogens (tertiary/aromatic N) is 2. The van der Waals surface area contributed by atoms with Crippen molar-refractivity contribution in [2.75, 3.05) is 40.0 Å². The largest absolute Gasteiger partial charge is 0.496 e. The van der Waals surface area contributed by atoms with E-state index in [4.69, 9.17) is 9.47 Å². The summed E-state index contributed by atoms with van der Waals surface area (Å²) >= 11 is 0. The minimum atomic E-state index is -0.339. The van der Waals surface area contributed by atoms with E-state index < -0.39 is 0 Å². The summed E-state index contributed by atoms with van der Waals surface area (Å²) in [5.74, 6) is 0.774. The topological polar surface area (TPSA) is 59.1 Å². The highest BCUT2D eigenvalue weighted by molar-refractivity contribution is 5.89. The first-order chi connectivity index (χ1) is 12.2. The summed E-state index contributed by atoms with van der Waals surface area (Å²) in [5.41, 5.74) is 0.859. The fourth-order valence-electron chi connectivity index (χ4n) is 3.59. The first-order valence-electron chi connectivity index (χ1n) is 8.98. The van der Waals surface area contributed by atoms with Crippen molar-refractivity contribution in [3.05, 3.63) is 29.8 Å². The van der Waals surface area contributed by atoms with Crippen molar-refractivity contribution in [3.63, 3.8) is 0 Å². The van der Waals surface area contributed by atoms with Gasteiger partial charge in [-0.05, 0) is 25.3 Å². The zero-order chi connectivity index (χ0) is 17.6. The van der Waals surface area contributed by atoms with Crippen LogP contribution in [-0.4, -0.2) is 67.6 Å². The molecule has 0 aliphatic carbocycles. The summed E-state index contributed by atoms with van der Waals surface area (Å²) in [6.45, 7) is 3.03. The lowest BCUT2D eigenvalue weighted by Crippen LogP contribution is -2.55. The van der Waals surface area contributed by atoms with Crippen molar-refractivity contribution in [2.45, 2.75) is 31.7 Å². The van der Waals surface area contributed by atoms with Crippen molar-refractivity contribution < 1.29 is 19.1 Å². The van der Waals surface area contributed by atoms with E-state index in [-0.39, 0.29) is 24.3 Å². The molecule has 1 aromatic carbocycles. The number of amides is 2. The summed E-state index contributed by atoms with van der Waals surface area (Å²) in [5, 5.41) is 0. The molecule has 0 N–H and O–H groups in total. The van der Waals surface area contributed by atoms with Crippen LogP contribution in [0.4, 0.5) is 0 Å². The SMILES string of the molecule is COc1ccccc1CC(=O)N1CCCC[C@@H]1C(=O)N1CCOCC1. The lowest BCUT2D eigenvalue weighted by atomic mass is 9.99. The van der Waals surface area contributed by atoms with E-state index in [2.05, 4.69) is 0 Å². The Hall–Kier alpha value is -2.08. The maximum Gasteiger partial charge on any atom is 0.245 e. The van der Waals surface area contributed by atoms with E-state index in [1.54, 1.807) is 12.0 Å². The molecule has 3 rings (SSSR count). The van der Waals surface area contributed by atoms with Gasteiger partial charge in [0.05, 0.1) is 26.7 Å². The molecule has 1 atom stereocenters. The highest BCUT2D eigenvalue weighted by Gasteiger charge is 2.35. The van der Waals surface area contributed by atoms with E-state index >= 15 is 0 Å². The number of carbonyl (C=O) groups excluding carboxylic acids is 2. The lowest BCUT2D eigenvalue weighted by molar-refractivity contribution is -0.149. The highest BCUT2D eigenvalue weighted by Crippen LogP contribution is 2.23. The Bertz CT molecular complexity index is 613. The minimum Gasteiger partial charge on any atom is -0.496 e. The van der Waals surface area contributed by atoms with Gasteiger partial charge in [0, 0.05) is 25.2 Å². The van der Waals surface area contributed by atoms with Crippen LogP contribution >= 0.6 is 0 Å². The summed E-state index contributed by atoms with van der Waals surface area (Å²) in [4.78, 5) is 29.4. The van der Waals surface area contributed by atoms with E-state index in [1.165, 1.54) is 0 Å². The molecule has 2 aliphatic rings. The maximum atomic E-state index is 12.9. The minimum absolute atomic E-state index is 0.00388. The first-order valence-corrected chi connectivity index (χ1v) is 8.98. The van der Waals surface area contributed by atoms with Crippen LogP contribution in [-0.2, 0) is 20.7 Å². The highest BCUT2D eigenvalue weighted by atomic mass is 16.5. The monoisotopic (exact) mass is 346 g/mol. The Labute approximate surface area is 148 Å². The number of piperidine rings is 1. The van der Waals surface area contributed by atoms with E-state index in [1.807, 2.05) is 29.2 Å². The van der Waals surface area contributed by atoms with Gasteiger partial charge >= 0.3 is 0 Å². The van der Waals surface area contributed by atoms with Crippen molar-refractivity contribution in [1.29, 1.82) is 0 Å². The van der Waals surface area contributed by atoms with Crippen LogP contribution in [0.15, 0.2) is 24.3 Å². The molecule has 2 saturated heterocycles. The molecule has 0 radical (unpaired) electrons. The average Bonchev–Trinajstić information content (AvgIpc) is 2.68. The molecule has 6 heteroatoms. The predicted octanol–water partition coefficient (Wildman–Crippen LogP) is 1.48. The fraction of sp³-hybridized carbons (Fsp3) is 0.579. The van der Waals surface area contributed by atoms with Crippen molar-refractivity contribution in [3.8, 4) is 5.75 Å². The van der Waals surface area contributed by atoms with Crippen LogP contribution in [0.2, 0.25) is 0 Å². The van der Waals surface area contributed by atoms with Crippen molar-refractivity contribution in [2.24, 2.45) is 0 Å². The van der Waals surface area contributed by atoms with Crippen LogP contribution < -0.4 is 4.74 Å². The number of likely N-dealkylation sites (tertiary alicyclic amines) is 1. The van der Waals surface area contributed by atoms with Crippen LogP contribution in [0.25, 0.3) is 0 Å². The predicted molar refractivity (Wildman–Crippen MR) is 93.4 cm³/mol. The van der Waals surface area contributed by atoms with E-state index in [9.17, 15) is 9.59 Å². The number of benzene rings is 1. The number of morpholine rings is 1. The van der Waals surface area contributed by atoms with Gasteiger partial charge in [-0.15, -0.1) is 0 Å². The maximum absolute atomic E-state index is 12.9. The van der Waals surface area contributed by atoms with Crippen LogP contribution in [0, 0.1) is 0 Å². The van der Waals surface area contributed by atoms with Gasteiger partial charge in [-0.1, -0.05) is 18.2 Å². The summed E-state index contributed by atoms with van der Waals surface area (Å²) in [6.07, 6.45) is 2.94. The molecule has 2 amide bonds. The Balaban J connectivity index is 1.71. The molecule has 25 heavy (non-hydrogen) atoms. The van der Waals surface area contributed by atoms with Gasteiger partial charge in [-0.3, -0.25) is 9.59 Å². The van der Waals surface area contributed by atoms with E-state index in [0.29, 0.717) is 38.6 Å². The average molecular weight is 346 g/mol. The van der Waals surface area contributed by atoms with Crippen LogP contribution in [0.5, 0.6) is 5.75 Å².